The molecule has 24 nitrogen and oxygen atoms in total. The molecule has 72 heavy (non-hydrogen) atoms. The molecule has 3 aromatic heterocycles. The van der Waals surface area contributed by atoms with E-state index in [-0.39, 0.29) is 32.5 Å². The van der Waals surface area contributed by atoms with E-state index in [9.17, 15) is 34.4 Å². The molecule has 0 amide bonds. The van der Waals surface area contributed by atoms with Gasteiger partial charge in [0.1, 0.15) is 54.2 Å². The summed E-state index contributed by atoms with van der Waals surface area (Å²) in [5.41, 5.74) is 1.69. The standard InChI is InChI=1S/C45H75N9O15S3/c1-4-7-10-19-40(20-15-18-27-67-70(55,56)57)54-33-39(48-51-54)36-66-45-29-43(64-34-37-31-52(49-46-37)25-16-13-23-41(21-11-8-5-2)68-71(58,59)60)28-44(30-45)65-35-38-32-53(50-47-38)26-17-14-24-42(22-12-9-6-3)69-72(61,62)63/h28-33,40-42H,4-27,34-36H2,1-3H3,(H,55,56,57)(H,58,59,60)(H,61,62,63). The third kappa shape index (κ3) is 26.6. The van der Waals surface area contributed by atoms with Crippen molar-refractivity contribution in [1.29, 1.82) is 0 Å². The molecular formula is C45H75N9O15S3. The maximum atomic E-state index is 11.4. The van der Waals surface area contributed by atoms with E-state index in [0.29, 0.717) is 118 Å². The average molecular weight is 1080 g/mol. The molecule has 0 radical (unpaired) electrons. The number of hydrogen-bond acceptors (Lipinski definition) is 18. The van der Waals surface area contributed by atoms with Crippen molar-refractivity contribution in [2.45, 2.75) is 207 Å². The van der Waals surface area contributed by atoms with Crippen molar-refractivity contribution in [2.75, 3.05) is 6.61 Å². The summed E-state index contributed by atoms with van der Waals surface area (Å²) < 4.78 is 133. The SMILES string of the molecule is CCCCCC(CCCCn1cc(COc2cc(OCc3cn(CCCCC(CCCCC)OS(=O)(=O)O)nn3)cc(OCc3cn(C(CCCCC)CCCCOS(=O)(=O)O)nn3)c2)nn1)OS(=O)(=O)O. The predicted octanol–water partition coefficient (Wildman–Crippen LogP) is 8.19. The molecule has 3 atom stereocenters. The second kappa shape index (κ2) is 32.1. The van der Waals surface area contributed by atoms with Crippen molar-refractivity contribution in [2.24, 2.45) is 0 Å². The van der Waals surface area contributed by atoms with Crippen LogP contribution in [0, 0.1) is 0 Å². The predicted molar refractivity (Wildman–Crippen MR) is 263 cm³/mol. The summed E-state index contributed by atoms with van der Waals surface area (Å²) in [6, 6.07) is 5.14. The van der Waals surface area contributed by atoms with Crippen LogP contribution in [0.4, 0.5) is 0 Å². The molecule has 0 bridgehead atoms. The quantitative estimate of drug-likeness (QED) is 0.0278. The molecule has 27 heteroatoms. The van der Waals surface area contributed by atoms with Gasteiger partial charge >= 0.3 is 31.2 Å². The highest BCUT2D eigenvalue weighted by Crippen LogP contribution is 2.30. The number of rotatable bonds is 42. The summed E-state index contributed by atoms with van der Waals surface area (Å²) >= 11 is 0. The lowest BCUT2D eigenvalue weighted by Crippen LogP contribution is -2.18. The molecule has 0 aliphatic rings. The topological polar surface area (TPSA) is 311 Å². The first-order chi connectivity index (χ1) is 34.4. The van der Waals surface area contributed by atoms with Gasteiger partial charge in [-0.3, -0.25) is 23.0 Å². The van der Waals surface area contributed by atoms with Gasteiger partial charge in [0.2, 0.25) is 0 Å². The summed E-state index contributed by atoms with van der Waals surface area (Å²) in [7, 11) is -13.6. The maximum absolute atomic E-state index is 11.4. The maximum Gasteiger partial charge on any atom is 0.397 e. The van der Waals surface area contributed by atoms with E-state index in [1.807, 2.05) is 6.20 Å². The number of aromatic nitrogens is 9. The Morgan fingerprint density at radius 1 is 0.472 bits per heavy atom. The Bertz CT molecular complexity index is 2350. The van der Waals surface area contributed by atoms with Crippen molar-refractivity contribution in [3.63, 3.8) is 0 Å². The lowest BCUT2D eigenvalue weighted by molar-refractivity contribution is 0.156. The first kappa shape index (κ1) is 60.2. The molecule has 3 unspecified atom stereocenters. The summed E-state index contributed by atoms with van der Waals surface area (Å²) in [6.45, 7) is 7.36. The first-order valence-corrected chi connectivity index (χ1v) is 29.1. The van der Waals surface area contributed by atoms with Crippen molar-refractivity contribution < 1.29 is 65.7 Å². The van der Waals surface area contributed by atoms with E-state index in [0.717, 1.165) is 64.2 Å². The lowest BCUT2D eigenvalue weighted by Gasteiger charge is -2.16. The molecule has 0 aliphatic carbocycles. The smallest absolute Gasteiger partial charge is 0.397 e. The number of aryl methyl sites for hydroxylation is 2. The Morgan fingerprint density at radius 3 is 1.25 bits per heavy atom. The van der Waals surface area contributed by atoms with Crippen LogP contribution >= 0.6 is 0 Å². The summed E-state index contributed by atoms with van der Waals surface area (Å²) in [5, 5.41) is 25.7. The summed E-state index contributed by atoms with van der Waals surface area (Å²) in [5.74, 6) is 1.24. The lowest BCUT2D eigenvalue weighted by atomic mass is 10.0. The van der Waals surface area contributed by atoms with Gasteiger partial charge in [-0.05, 0) is 77.0 Å². The van der Waals surface area contributed by atoms with Gasteiger partial charge in [0, 0.05) is 31.3 Å². The molecule has 0 saturated carbocycles. The van der Waals surface area contributed by atoms with E-state index < -0.39 is 43.4 Å². The first-order valence-electron chi connectivity index (χ1n) is 25.1. The Balaban J connectivity index is 1.39. The zero-order valence-electron chi connectivity index (χ0n) is 41.8. The van der Waals surface area contributed by atoms with Crippen molar-refractivity contribution in [1.82, 2.24) is 45.0 Å². The molecule has 0 fully saturated rings. The van der Waals surface area contributed by atoms with Crippen molar-refractivity contribution in [3.05, 3.63) is 53.9 Å². The summed E-state index contributed by atoms with van der Waals surface area (Å²) in [4.78, 5) is 0. The highest BCUT2D eigenvalue weighted by molar-refractivity contribution is 7.81. The van der Waals surface area contributed by atoms with Crippen LogP contribution in [0.2, 0.25) is 0 Å². The number of ether oxygens (including phenoxy) is 3. The van der Waals surface area contributed by atoms with Crippen LogP contribution in [0.1, 0.15) is 179 Å². The zero-order chi connectivity index (χ0) is 52.2. The fourth-order valence-corrected chi connectivity index (χ4v) is 9.30. The Morgan fingerprint density at radius 2 is 0.847 bits per heavy atom. The largest absolute Gasteiger partial charge is 0.487 e. The van der Waals surface area contributed by atoms with Gasteiger partial charge in [-0.1, -0.05) is 94.2 Å². The molecule has 408 valence electrons. The molecule has 3 heterocycles. The fraction of sp³-hybridized carbons (Fsp3) is 0.733. The van der Waals surface area contributed by atoms with Gasteiger partial charge in [0.15, 0.2) is 0 Å². The minimum atomic E-state index is -4.55. The molecule has 0 spiro atoms. The number of nitrogens with zero attached hydrogens (tertiary/aromatic N) is 9. The van der Waals surface area contributed by atoms with Crippen molar-refractivity contribution >= 4 is 31.2 Å². The fourth-order valence-electron chi connectivity index (χ4n) is 7.90. The summed E-state index contributed by atoms with van der Waals surface area (Å²) in [6.07, 6.45) is 20.0. The van der Waals surface area contributed by atoms with E-state index in [4.69, 9.17) is 27.1 Å². The van der Waals surface area contributed by atoms with E-state index in [2.05, 4.69) is 55.9 Å². The highest BCUT2D eigenvalue weighted by atomic mass is 32.3. The zero-order valence-corrected chi connectivity index (χ0v) is 44.2. The second-order valence-corrected chi connectivity index (χ2v) is 21.0. The van der Waals surface area contributed by atoms with E-state index in [1.165, 1.54) is 0 Å². The molecule has 4 aromatic rings. The number of benzene rings is 1. The monoisotopic (exact) mass is 1080 g/mol. The third-order valence-electron chi connectivity index (χ3n) is 11.5. The second-order valence-electron chi connectivity index (χ2n) is 17.8. The average Bonchev–Trinajstić information content (AvgIpc) is 4.10. The Kier molecular flexibility index (Phi) is 26.8. The minimum absolute atomic E-state index is 0.0109. The van der Waals surface area contributed by atoms with Gasteiger partial charge < -0.3 is 14.2 Å². The Hall–Kier alpha value is -4.35. The van der Waals surface area contributed by atoms with Crippen LogP contribution < -0.4 is 14.2 Å². The molecular weight excluding hydrogens is 1000 g/mol. The van der Waals surface area contributed by atoms with Crippen LogP contribution in [-0.4, -0.2) is 103 Å². The van der Waals surface area contributed by atoms with Crippen LogP contribution in [0.25, 0.3) is 0 Å². The van der Waals surface area contributed by atoms with Crippen molar-refractivity contribution in [3.8, 4) is 17.2 Å². The van der Waals surface area contributed by atoms with E-state index >= 15 is 0 Å². The normalized spacial score (nSPS) is 13.6. The molecule has 0 aliphatic heterocycles. The van der Waals surface area contributed by atoms with Gasteiger partial charge in [0.25, 0.3) is 0 Å². The molecule has 0 saturated heterocycles. The van der Waals surface area contributed by atoms with Crippen LogP contribution in [-0.2, 0) is 76.7 Å². The van der Waals surface area contributed by atoms with Crippen LogP contribution in [0.5, 0.6) is 17.2 Å². The van der Waals surface area contributed by atoms with Crippen LogP contribution in [0.15, 0.2) is 36.8 Å². The van der Waals surface area contributed by atoms with E-state index in [1.54, 1.807) is 44.6 Å². The molecule has 3 N–H and O–H groups in total. The molecule has 4 rings (SSSR count). The molecule has 1 aromatic carbocycles. The van der Waals surface area contributed by atoms with Crippen LogP contribution in [0.3, 0.4) is 0 Å². The number of unbranched alkanes of at least 4 members (excludes halogenated alkanes) is 9. The number of hydrogen-bond donors (Lipinski definition) is 3. The van der Waals surface area contributed by atoms with Gasteiger partial charge in [-0.15, -0.1) is 15.3 Å². The highest BCUT2D eigenvalue weighted by Gasteiger charge is 2.19. The Labute approximate surface area is 424 Å². The van der Waals surface area contributed by atoms with Gasteiger partial charge in [0.05, 0.1) is 43.4 Å². The minimum Gasteiger partial charge on any atom is -0.487 e. The third-order valence-corrected chi connectivity index (χ3v) is 13.0. The van der Waals surface area contributed by atoms with Gasteiger partial charge in [-0.2, -0.15) is 25.3 Å². The van der Waals surface area contributed by atoms with Gasteiger partial charge in [-0.25, -0.2) is 17.2 Å².